The average molecular weight is 428 g/mol. The number of benzene rings is 1. The standard InChI is InChI=1S/C10H11BrIN3OS/c1-2-16-9-6(5-14-15-10(13)17)3-7(11)4-8(9)12/h3-5H,2H2,1H3,(H3,13,15,17)/b14-5+. The molecule has 0 aliphatic heterocycles. The van der Waals surface area contributed by atoms with Gasteiger partial charge < -0.3 is 10.5 Å². The Morgan fingerprint density at radius 2 is 2.41 bits per heavy atom. The van der Waals surface area contributed by atoms with Crippen molar-refractivity contribution in [1.29, 1.82) is 0 Å². The molecule has 17 heavy (non-hydrogen) atoms. The molecule has 3 N–H and O–H groups in total. The molecule has 1 aromatic rings. The fraction of sp³-hybridized carbons (Fsp3) is 0.200. The Hall–Kier alpha value is -0.410. The summed E-state index contributed by atoms with van der Waals surface area (Å²) >= 11 is 10.3. The van der Waals surface area contributed by atoms with Crippen LogP contribution in [0.1, 0.15) is 12.5 Å². The first-order valence-corrected chi connectivity index (χ1v) is 7.03. The van der Waals surface area contributed by atoms with E-state index in [1.807, 2.05) is 19.1 Å². The van der Waals surface area contributed by atoms with Crippen LogP contribution >= 0.6 is 50.7 Å². The van der Waals surface area contributed by atoms with Crippen LogP contribution in [0.5, 0.6) is 5.75 Å². The number of rotatable bonds is 4. The molecule has 0 saturated heterocycles. The maximum absolute atomic E-state index is 5.57. The first-order valence-electron chi connectivity index (χ1n) is 4.75. The number of thiocarbonyl (C=S) groups is 1. The van der Waals surface area contributed by atoms with Crippen LogP contribution in [0.3, 0.4) is 0 Å². The van der Waals surface area contributed by atoms with Crippen LogP contribution < -0.4 is 15.9 Å². The van der Waals surface area contributed by atoms with Gasteiger partial charge >= 0.3 is 0 Å². The smallest absolute Gasteiger partial charge is 0.184 e. The maximum Gasteiger partial charge on any atom is 0.184 e. The van der Waals surface area contributed by atoms with Crippen LogP contribution in [0.2, 0.25) is 0 Å². The van der Waals surface area contributed by atoms with Gasteiger partial charge in [-0.05, 0) is 53.9 Å². The van der Waals surface area contributed by atoms with E-state index in [0.29, 0.717) is 6.61 Å². The zero-order valence-electron chi connectivity index (χ0n) is 9.04. The molecule has 0 unspecified atom stereocenters. The molecule has 0 radical (unpaired) electrons. The minimum absolute atomic E-state index is 0.129. The third-order valence-electron chi connectivity index (χ3n) is 1.70. The van der Waals surface area contributed by atoms with Gasteiger partial charge in [-0.3, -0.25) is 5.43 Å². The number of nitrogens with one attached hydrogen (secondary N) is 1. The van der Waals surface area contributed by atoms with Crippen molar-refractivity contribution in [2.24, 2.45) is 10.8 Å². The Morgan fingerprint density at radius 1 is 1.71 bits per heavy atom. The van der Waals surface area contributed by atoms with Crippen molar-refractivity contribution in [2.45, 2.75) is 6.92 Å². The second kappa shape index (κ2) is 7.12. The lowest BCUT2D eigenvalue weighted by Gasteiger charge is -2.10. The highest BCUT2D eigenvalue weighted by Gasteiger charge is 2.08. The van der Waals surface area contributed by atoms with Crippen LogP contribution in [0.15, 0.2) is 21.7 Å². The minimum Gasteiger partial charge on any atom is -0.492 e. The minimum atomic E-state index is 0.129. The van der Waals surface area contributed by atoms with Gasteiger partial charge in [0.1, 0.15) is 5.75 Å². The zero-order chi connectivity index (χ0) is 12.8. The van der Waals surface area contributed by atoms with E-state index in [4.69, 9.17) is 10.5 Å². The molecule has 4 nitrogen and oxygen atoms in total. The summed E-state index contributed by atoms with van der Waals surface area (Å²) in [7, 11) is 0. The molecule has 0 spiro atoms. The third kappa shape index (κ3) is 4.76. The van der Waals surface area contributed by atoms with Crippen molar-refractivity contribution in [3.8, 4) is 5.75 Å². The molecule has 0 fully saturated rings. The number of nitrogens with zero attached hydrogens (tertiary/aromatic N) is 1. The Labute approximate surface area is 127 Å². The fourth-order valence-electron chi connectivity index (χ4n) is 1.14. The van der Waals surface area contributed by atoms with Gasteiger partial charge in [-0.1, -0.05) is 15.9 Å². The summed E-state index contributed by atoms with van der Waals surface area (Å²) in [6.07, 6.45) is 1.62. The lowest BCUT2D eigenvalue weighted by atomic mass is 10.2. The lowest BCUT2D eigenvalue weighted by molar-refractivity contribution is 0.337. The number of ether oxygens (including phenoxy) is 1. The fourth-order valence-corrected chi connectivity index (χ4v) is 2.90. The van der Waals surface area contributed by atoms with Gasteiger partial charge in [0, 0.05) is 10.0 Å². The number of hydrazone groups is 1. The van der Waals surface area contributed by atoms with E-state index in [1.54, 1.807) is 6.21 Å². The van der Waals surface area contributed by atoms with Gasteiger partial charge in [-0.25, -0.2) is 0 Å². The topological polar surface area (TPSA) is 59.6 Å². The predicted molar refractivity (Wildman–Crippen MR) is 85.5 cm³/mol. The van der Waals surface area contributed by atoms with E-state index >= 15 is 0 Å². The summed E-state index contributed by atoms with van der Waals surface area (Å²) in [5, 5.41) is 4.05. The number of hydrogen-bond acceptors (Lipinski definition) is 3. The summed E-state index contributed by atoms with van der Waals surface area (Å²) in [6.45, 7) is 2.54. The molecule has 0 aromatic heterocycles. The molecule has 1 aromatic carbocycles. The van der Waals surface area contributed by atoms with Crippen molar-refractivity contribution < 1.29 is 4.74 Å². The summed E-state index contributed by atoms with van der Waals surface area (Å²) in [6, 6.07) is 3.89. The molecule has 0 aliphatic carbocycles. The number of hydrogen-bond donors (Lipinski definition) is 2. The zero-order valence-corrected chi connectivity index (χ0v) is 13.6. The molecule has 1 rings (SSSR count). The Morgan fingerprint density at radius 3 is 3.00 bits per heavy atom. The van der Waals surface area contributed by atoms with Crippen LogP contribution in [0, 0.1) is 3.57 Å². The van der Waals surface area contributed by atoms with Gasteiger partial charge in [0.15, 0.2) is 5.11 Å². The summed E-state index contributed by atoms with van der Waals surface area (Å²) in [5.74, 6) is 0.796. The molecule has 0 amide bonds. The molecule has 0 saturated carbocycles. The van der Waals surface area contributed by atoms with E-state index in [1.165, 1.54) is 0 Å². The van der Waals surface area contributed by atoms with Crippen molar-refractivity contribution >= 4 is 62.1 Å². The molecule has 0 heterocycles. The third-order valence-corrected chi connectivity index (χ3v) is 3.05. The molecular formula is C10H11BrIN3OS. The van der Waals surface area contributed by atoms with Crippen LogP contribution in [-0.4, -0.2) is 17.9 Å². The van der Waals surface area contributed by atoms with Gasteiger partial charge in [0.05, 0.1) is 16.4 Å². The van der Waals surface area contributed by atoms with Gasteiger partial charge in [-0.15, -0.1) is 0 Å². The highest BCUT2D eigenvalue weighted by Crippen LogP contribution is 2.28. The quantitative estimate of drug-likeness (QED) is 0.335. The highest BCUT2D eigenvalue weighted by molar-refractivity contribution is 14.1. The predicted octanol–water partition coefficient (Wildman–Crippen LogP) is 2.62. The Balaban J connectivity index is 3.02. The lowest BCUT2D eigenvalue weighted by Crippen LogP contribution is -2.24. The van der Waals surface area contributed by atoms with E-state index in [2.05, 4.69) is 61.3 Å². The molecule has 0 atom stereocenters. The normalized spacial score (nSPS) is 10.5. The monoisotopic (exact) mass is 427 g/mol. The van der Waals surface area contributed by atoms with Crippen LogP contribution in [0.4, 0.5) is 0 Å². The second-order valence-corrected chi connectivity index (χ2v) is 5.49. The molecule has 0 bridgehead atoms. The first-order chi connectivity index (χ1) is 8.04. The van der Waals surface area contributed by atoms with Crippen molar-refractivity contribution in [2.75, 3.05) is 6.61 Å². The summed E-state index contributed by atoms with van der Waals surface area (Å²) in [4.78, 5) is 0. The molecule has 0 aliphatic rings. The highest BCUT2D eigenvalue weighted by atomic mass is 127. The van der Waals surface area contributed by atoms with Gasteiger partial charge in [0.25, 0.3) is 0 Å². The Bertz CT molecular complexity index is 453. The van der Waals surface area contributed by atoms with E-state index < -0.39 is 0 Å². The largest absolute Gasteiger partial charge is 0.492 e. The van der Waals surface area contributed by atoms with Crippen molar-refractivity contribution in [3.05, 3.63) is 25.7 Å². The second-order valence-electron chi connectivity index (χ2n) is 2.97. The van der Waals surface area contributed by atoms with E-state index in [-0.39, 0.29) is 5.11 Å². The van der Waals surface area contributed by atoms with Gasteiger partial charge in [-0.2, -0.15) is 5.10 Å². The summed E-state index contributed by atoms with van der Waals surface area (Å²) < 4.78 is 7.54. The number of nitrogens with two attached hydrogens (primary N) is 1. The first kappa shape index (κ1) is 14.7. The van der Waals surface area contributed by atoms with Crippen LogP contribution in [0.25, 0.3) is 0 Å². The average Bonchev–Trinajstić information content (AvgIpc) is 2.22. The van der Waals surface area contributed by atoms with E-state index in [0.717, 1.165) is 19.4 Å². The molecule has 7 heteroatoms. The molecule has 92 valence electrons. The Kier molecular flexibility index (Phi) is 6.14. The summed E-state index contributed by atoms with van der Waals surface area (Å²) in [5.41, 5.74) is 8.64. The van der Waals surface area contributed by atoms with Crippen molar-refractivity contribution in [3.63, 3.8) is 0 Å². The van der Waals surface area contributed by atoms with Crippen molar-refractivity contribution in [1.82, 2.24) is 5.43 Å². The molecular weight excluding hydrogens is 417 g/mol. The maximum atomic E-state index is 5.57. The van der Waals surface area contributed by atoms with E-state index in [9.17, 15) is 0 Å². The SMILES string of the molecule is CCOc1c(I)cc(Br)cc1/C=N/NC(N)=S. The van der Waals surface area contributed by atoms with Crippen LogP contribution in [-0.2, 0) is 0 Å². The number of halogens is 2. The van der Waals surface area contributed by atoms with Gasteiger partial charge in [0.2, 0.25) is 0 Å².